The molecule has 0 fully saturated rings. The fourth-order valence-electron chi connectivity index (χ4n) is 2.13. The van der Waals surface area contributed by atoms with E-state index in [1.807, 2.05) is 0 Å². The van der Waals surface area contributed by atoms with Crippen molar-refractivity contribution >= 4 is 23.0 Å². The summed E-state index contributed by atoms with van der Waals surface area (Å²) in [5.74, 6) is -1.27. The normalized spacial score (nSPS) is 10.2. The third-order valence-electron chi connectivity index (χ3n) is 3.19. The zero-order chi connectivity index (χ0) is 16.9. The van der Waals surface area contributed by atoms with Crippen LogP contribution in [0.2, 0.25) is 0 Å². The monoisotopic (exact) mass is 325 g/mol. The zero-order valence-corrected chi connectivity index (χ0v) is 12.5. The molecule has 3 aromatic rings. The minimum absolute atomic E-state index is 0.153. The highest BCUT2D eigenvalue weighted by molar-refractivity contribution is 6.03. The molecule has 1 heterocycles. The summed E-state index contributed by atoms with van der Waals surface area (Å²) < 4.78 is 26.4. The van der Waals surface area contributed by atoms with Gasteiger partial charge in [-0.1, -0.05) is 12.1 Å². The number of halogens is 2. The molecule has 0 bridgehead atoms. The smallest absolute Gasteiger partial charge is 0.274 e. The van der Waals surface area contributed by atoms with Crippen molar-refractivity contribution in [3.63, 3.8) is 0 Å². The summed E-state index contributed by atoms with van der Waals surface area (Å²) in [5, 5.41) is 5.56. The topological polar surface area (TPSA) is 54.0 Å². The summed E-state index contributed by atoms with van der Waals surface area (Å²) >= 11 is 0. The molecule has 2 aromatic carbocycles. The minimum Gasteiger partial charge on any atom is -0.355 e. The van der Waals surface area contributed by atoms with Crippen LogP contribution >= 0.6 is 0 Å². The van der Waals surface area contributed by atoms with E-state index in [4.69, 9.17) is 0 Å². The minimum atomic E-state index is -0.469. The van der Waals surface area contributed by atoms with Gasteiger partial charge >= 0.3 is 0 Å². The molecule has 0 unspecified atom stereocenters. The number of nitrogens with zero attached hydrogens (tertiary/aromatic N) is 1. The molecule has 3 rings (SSSR count). The number of amides is 1. The van der Waals surface area contributed by atoms with Gasteiger partial charge in [0, 0.05) is 23.3 Å². The van der Waals surface area contributed by atoms with E-state index >= 15 is 0 Å². The fraction of sp³-hybridized carbons (Fsp3) is 0. The molecule has 1 amide bonds. The van der Waals surface area contributed by atoms with E-state index in [-0.39, 0.29) is 11.5 Å². The zero-order valence-electron chi connectivity index (χ0n) is 12.5. The average Bonchev–Trinajstić information content (AvgIpc) is 2.55. The molecule has 0 aliphatic carbocycles. The number of benzene rings is 2. The Morgan fingerprint density at radius 2 is 1.46 bits per heavy atom. The Kier molecular flexibility index (Phi) is 4.47. The molecule has 0 radical (unpaired) electrons. The highest BCUT2D eigenvalue weighted by Gasteiger charge is 2.09. The van der Waals surface area contributed by atoms with Gasteiger partial charge in [-0.05, 0) is 48.5 Å². The van der Waals surface area contributed by atoms with Crippen LogP contribution in [0.5, 0.6) is 0 Å². The molecule has 6 heteroatoms. The first kappa shape index (κ1) is 15.6. The lowest BCUT2D eigenvalue weighted by Crippen LogP contribution is -2.13. The Bertz CT molecular complexity index is 883. The molecular weight excluding hydrogens is 312 g/mol. The van der Waals surface area contributed by atoms with Crippen LogP contribution in [0.3, 0.4) is 0 Å². The molecule has 0 atom stereocenters. The number of hydrogen-bond donors (Lipinski definition) is 2. The van der Waals surface area contributed by atoms with Crippen molar-refractivity contribution in [3.8, 4) is 0 Å². The van der Waals surface area contributed by atoms with Gasteiger partial charge in [-0.3, -0.25) is 9.78 Å². The number of carbonyl (C=O) groups is 1. The predicted molar refractivity (Wildman–Crippen MR) is 88.3 cm³/mol. The SMILES string of the molecule is O=C(Nc1cccc(F)c1)c1cc(Nc2cccc(F)c2)ccn1. The van der Waals surface area contributed by atoms with Gasteiger partial charge in [0.25, 0.3) is 5.91 Å². The van der Waals surface area contributed by atoms with Crippen molar-refractivity contribution in [2.75, 3.05) is 10.6 Å². The van der Waals surface area contributed by atoms with Gasteiger partial charge in [-0.2, -0.15) is 0 Å². The average molecular weight is 325 g/mol. The summed E-state index contributed by atoms with van der Waals surface area (Å²) in [6, 6.07) is 14.7. The molecule has 120 valence electrons. The Morgan fingerprint density at radius 3 is 2.17 bits per heavy atom. The molecule has 0 saturated carbocycles. The number of nitrogens with one attached hydrogen (secondary N) is 2. The Morgan fingerprint density at radius 1 is 0.833 bits per heavy atom. The van der Waals surface area contributed by atoms with E-state index in [2.05, 4.69) is 15.6 Å². The molecule has 0 saturated heterocycles. The first-order valence-electron chi connectivity index (χ1n) is 7.16. The highest BCUT2D eigenvalue weighted by atomic mass is 19.1. The lowest BCUT2D eigenvalue weighted by Gasteiger charge is -2.09. The van der Waals surface area contributed by atoms with Gasteiger partial charge in [0.15, 0.2) is 0 Å². The highest BCUT2D eigenvalue weighted by Crippen LogP contribution is 2.18. The maximum atomic E-state index is 13.2. The summed E-state index contributed by atoms with van der Waals surface area (Å²) in [5.41, 5.74) is 1.63. The van der Waals surface area contributed by atoms with E-state index in [1.165, 1.54) is 42.6 Å². The summed E-state index contributed by atoms with van der Waals surface area (Å²) in [4.78, 5) is 16.2. The van der Waals surface area contributed by atoms with Crippen molar-refractivity contribution in [1.82, 2.24) is 4.98 Å². The molecule has 1 aromatic heterocycles. The van der Waals surface area contributed by atoms with E-state index < -0.39 is 11.7 Å². The molecular formula is C18H13F2N3O. The molecule has 0 aliphatic rings. The van der Waals surface area contributed by atoms with Crippen LogP contribution in [0.15, 0.2) is 66.9 Å². The summed E-state index contributed by atoms with van der Waals surface area (Å²) in [6.45, 7) is 0. The van der Waals surface area contributed by atoms with Crippen molar-refractivity contribution in [1.29, 1.82) is 0 Å². The number of pyridine rings is 1. The fourth-order valence-corrected chi connectivity index (χ4v) is 2.13. The molecule has 2 N–H and O–H groups in total. The molecule has 4 nitrogen and oxygen atoms in total. The quantitative estimate of drug-likeness (QED) is 0.749. The number of carbonyl (C=O) groups excluding carboxylic acids is 1. The van der Waals surface area contributed by atoms with Crippen LogP contribution in [0, 0.1) is 11.6 Å². The van der Waals surface area contributed by atoms with E-state index in [0.29, 0.717) is 17.1 Å². The molecule has 24 heavy (non-hydrogen) atoms. The number of rotatable bonds is 4. The third kappa shape index (κ3) is 3.92. The number of aromatic nitrogens is 1. The van der Waals surface area contributed by atoms with Gasteiger partial charge in [-0.25, -0.2) is 8.78 Å². The Labute approximate surface area is 137 Å². The van der Waals surface area contributed by atoms with Crippen molar-refractivity contribution < 1.29 is 13.6 Å². The number of anilines is 3. The molecule has 0 spiro atoms. The Hall–Kier alpha value is -3.28. The third-order valence-corrected chi connectivity index (χ3v) is 3.19. The van der Waals surface area contributed by atoms with Crippen molar-refractivity contribution in [3.05, 3.63) is 84.2 Å². The van der Waals surface area contributed by atoms with Crippen molar-refractivity contribution in [2.24, 2.45) is 0 Å². The van der Waals surface area contributed by atoms with Crippen LogP contribution in [0.4, 0.5) is 25.8 Å². The maximum Gasteiger partial charge on any atom is 0.274 e. The van der Waals surface area contributed by atoms with Gasteiger partial charge in [0.2, 0.25) is 0 Å². The second-order valence-corrected chi connectivity index (χ2v) is 5.03. The predicted octanol–water partition coefficient (Wildman–Crippen LogP) is 4.36. The van der Waals surface area contributed by atoms with Crippen LogP contribution in [0.25, 0.3) is 0 Å². The number of hydrogen-bond acceptors (Lipinski definition) is 3. The lowest BCUT2D eigenvalue weighted by molar-refractivity contribution is 0.102. The van der Waals surface area contributed by atoms with Crippen LogP contribution in [-0.2, 0) is 0 Å². The van der Waals surface area contributed by atoms with Gasteiger partial charge < -0.3 is 10.6 Å². The van der Waals surface area contributed by atoms with Gasteiger partial charge in [-0.15, -0.1) is 0 Å². The second-order valence-electron chi connectivity index (χ2n) is 5.03. The largest absolute Gasteiger partial charge is 0.355 e. The first-order valence-corrected chi connectivity index (χ1v) is 7.16. The van der Waals surface area contributed by atoms with Gasteiger partial charge in [0.05, 0.1) is 0 Å². The first-order chi connectivity index (χ1) is 11.6. The van der Waals surface area contributed by atoms with E-state index in [1.54, 1.807) is 24.3 Å². The van der Waals surface area contributed by atoms with Crippen LogP contribution in [0.1, 0.15) is 10.5 Å². The Balaban J connectivity index is 1.76. The van der Waals surface area contributed by atoms with Crippen LogP contribution in [-0.4, -0.2) is 10.9 Å². The van der Waals surface area contributed by atoms with Gasteiger partial charge in [0.1, 0.15) is 17.3 Å². The summed E-state index contributed by atoms with van der Waals surface area (Å²) in [7, 11) is 0. The van der Waals surface area contributed by atoms with E-state index in [9.17, 15) is 13.6 Å². The lowest BCUT2D eigenvalue weighted by atomic mass is 10.2. The maximum absolute atomic E-state index is 13.2. The molecule has 0 aliphatic heterocycles. The van der Waals surface area contributed by atoms with Crippen molar-refractivity contribution in [2.45, 2.75) is 0 Å². The van der Waals surface area contributed by atoms with E-state index in [0.717, 1.165) is 0 Å². The standard InChI is InChI=1S/C18H13F2N3O/c19-12-3-1-5-14(9-12)22-16-7-8-21-17(11-16)18(24)23-15-6-2-4-13(20)10-15/h1-11H,(H,21,22)(H,23,24). The second kappa shape index (κ2) is 6.87. The van der Waals surface area contributed by atoms with Crippen LogP contribution < -0.4 is 10.6 Å². The summed E-state index contributed by atoms with van der Waals surface area (Å²) in [6.07, 6.45) is 1.46.